The molecule has 0 N–H and O–H groups in total. The molecule has 3 heteroatoms. The van der Waals surface area contributed by atoms with Gasteiger partial charge in [0.1, 0.15) is 0 Å². The van der Waals surface area contributed by atoms with Crippen LogP contribution in [0.5, 0.6) is 0 Å². The van der Waals surface area contributed by atoms with Crippen molar-refractivity contribution in [2.45, 2.75) is 0 Å². The fourth-order valence-corrected chi connectivity index (χ4v) is 9.37. The molecule has 0 saturated heterocycles. The number of aromatic nitrogens is 3. The van der Waals surface area contributed by atoms with Gasteiger partial charge >= 0.3 is 0 Å². The van der Waals surface area contributed by atoms with E-state index in [0.29, 0.717) is 0 Å². The highest BCUT2D eigenvalue weighted by Crippen LogP contribution is 2.39. The quantitative estimate of drug-likeness (QED) is 0.158. The Morgan fingerprint density at radius 1 is 0.226 bits per heavy atom. The summed E-state index contributed by atoms with van der Waals surface area (Å²) in [6.07, 6.45) is 0. The number of rotatable bonds is 7. The van der Waals surface area contributed by atoms with E-state index < -0.39 is 0 Å². The molecule has 290 valence electrons. The molecule has 0 radical (unpaired) electrons. The minimum Gasteiger partial charge on any atom is -0.309 e. The third kappa shape index (κ3) is 6.10. The fourth-order valence-electron chi connectivity index (χ4n) is 9.37. The Hall–Kier alpha value is -8.27. The maximum absolute atomic E-state index is 5.34. The van der Waals surface area contributed by atoms with Crippen LogP contribution < -0.4 is 0 Å². The first-order valence-electron chi connectivity index (χ1n) is 21.2. The van der Waals surface area contributed by atoms with Gasteiger partial charge < -0.3 is 9.13 Å². The van der Waals surface area contributed by atoms with Gasteiger partial charge in [0.25, 0.3) is 0 Å². The van der Waals surface area contributed by atoms with Crippen molar-refractivity contribution in [2.24, 2.45) is 0 Å². The Kier molecular flexibility index (Phi) is 8.50. The molecule has 3 heterocycles. The Bertz CT molecular complexity index is 3380. The molecule has 0 amide bonds. The summed E-state index contributed by atoms with van der Waals surface area (Å²) in [4.78, 5) is 5.34. The average Bonchev–Trinajstić information content (AvgIpc) is 3.88. The third-order valence-corrected chi connectivity index (χ3v) is 12.3. The molecule has 0 aliphatic heterocycles. The number of pyridine rings is 1. The lowest BCUT2D eigenvalue weighted by Gasteiger charge is -2.16. The van der Waals surface area contributed by atoms with Crippen molar-refractivity contribution in [3.05, 3.63) is 237 Å². The molecule has 12 rings (SSSR count). The Balaban J connectivity index is 1.06. The summed E-state index contributed by atoms with van der Waals surface area (Å²) in [6.45, 7) is 0. The van der Waals surface area contributed by atoms with Crippen molar-refractivity contribution in [1.29, 1.82) is 0 Å². The number of nitrogens with zero attached hydrogens (tertiary/aromatic N) is 3. The zero-order valence-electron chi connectivity index (χ0n) is 33.9. The number of hydrogen-bond acceptors (Lipinski definition) is 1. The second kappa shape index (κ2) is 14.8. The molecule has 62 heavy (non-hydrogen) atoms. The van der Waals surface area contributed by atoms with Crippen LogP contribution in [0.15, 0.2) is 237 Å². The maximum atomic E-state index is 5.34. The van der Waals surface area contributed by atoms with Gasteiger partial charge in [0.05, 0.1) is 33.5 Å². The minimum absolute atomic E-state index is 0.927. The van der Waals surface area contributed by atoms with Gasteiger partial charge in [-0.05, 0) is 94.0 Å². The van der Waals surface area contributed by atoms with E-state index in [9.17, 15) is 0 Å². The summed E-state index contributed by atoms with van der Waals surface area (Å²) in [5.74, 6) is 0. The number of hydrogen-bond donors (Lipinski definition) is 0. The van der Waals surface area contributed by atoms with Gasteiger partial charge in [-0.1, -0.05) is 176 Å². The molecule has 0 atom stereocenters. The number of para-hydroxylation sites is 4. The van der Waals surface area contributed by atoms with E-state index in [4.69, 9.17) is 4.98 Å². The van der Waals surface area contributed by atoms with E-state index in [-0.39, 0.29) is 0 Å². The summed E-state index contributed by atoms with van der Waals surface area (Å²) in [5.41, 5.74) is 17.9. The van der Waals surface area contributed by atoms with Gasteiger partial charge in [-0.3, -0.25) is 0 Å². The fraction of sp³-hybridized carbons (Fsp3) is 0. The summed E-state index contributed by atoms with van der Waals surface area (Å²) < 4.78 is 4.85. The van der Waals surface area contributed by atoms with Gasteiger partial charge in [0, 0.05) is 44.0 Å². The van der Waals surface area contributed by atoms with Crippen molar-refractivity contribution in [2.75, 3.05) is 0 Å². The smallest absolute Gasteiger partial charge is 0.0715 e. The first-order chi connectivity index (χ1) is 30.7. The van der Waals surface area contributed by atoms with E-state index in [0.717, 1.165) is 56.1 Å². The molecule has 0 fully saturated rings. The summed E-state index contributed by atoms with van der Waals surface area (Å²) in [5, 5.41) is 4.96. The van der Waals surface area contributed by atoms with E-state index in [2.05, 4.69) is 246 Å². The van der Waals surface area contributed by atoms with E-state index >= 15 is 0 Å². The topological polar surface area (TPSA) is 22.8 Å². The zero-order valence-corrected chi connectivity index (χ0v) is 33.9. The van der Waals surface area contributed by atoms with Crippen LogP contribution in [0.1, 0.15) is 0 Å². The number of fused-ring (bicyclic) bond motifs is 6. The lowest BCUT2D eigenvalue weighted by Crippen LogP contribution is -2.00. The highest BCUT2D eigenvalue weighted by Gasteiger charge is 2.18. The molecule has 12 aromatic rings. The number of benzene rings is 9. The second-order valence-corrected chi connectivity index (χ2v) is 16.0. The Morgan fingerprint density at radius 2 is 0.581 bits per heavy atom. The van der Waals surface area contributed by atoms with Gasteiger partial charge in [-0.15, -0.1) is 0 Å². The SMILES string of the molecule is c1ccc(-c2ccc(-c3cc(-c4ccccc4)nc(-c4cccc(-c5cc(-n6c7ccccc7c7ccccc76)cc(-n6c7ccccc7c7ccccc76)c5)c4)c3)cc2)cc1. The molecule has 0 aliphatic carbocycles. The van der Waals surface area contributed by atoms with Crippen molar-refractivity contribution in [3.8, 4) is 67.3 Å². The van der Waals surface area contributed by atoms with Crippen LogP contribution >= 0.6 is 0 Å². The first kappa shape index (κ1) is 35.7. The highest BCUT2D eigenvalue weighted by atomic mass is 15.0. The summed E-state index contributed by atoms with van der Waals surface area (Å²) in [6, 6.07) is 85.3. The largest absolute Gasteiger partial charge is 0.309 e. The van der Waals surface area contributed by atoms with Crippen molar-refractivity contribution >= 4 is 43.6 Å². The zero-order chi connectivity index (χ0) is 41.0. The van der Waals surface area contributed by atoms with Crippen LogP contribution in [0.25, 0.3) is 111 Å². The molecule has 0 bridgehead atoms. The normalized spacial score (nSPS) is 11.5. The van der Waals surface area contributed by atoms with Gasteiger partial charge in [-0.25, -0.2) is 4.98 Å². The summed E-state index contributed by atoms with van der Waals surface area (Å²) >= 11 is 0. The van der Waals surface area contributed by atoms with Gasteiger partial charge in [0.15, 0.2) is 0 Å². The van der Waals surface area contributed by atoms with Crippen LogP contribution in [0.4, 0.5) is 0 Å². The lowest BCUT2D eigenvalue weighted by molar-refractivity contribution is 1.13. The van der Waals surface area contributed by atoms with Crippen molar-refractivity contribution in [1.82, 2.24) is 14.1 Å². The molecule has 9 aromatic carbocycles. The predicted molar refractivity (Wildman–Crippen MR) is 260 cm³/mol. The molecule has 0 unspecified atom stereocenters. The molecular weight excluding hydrogens is 751 g/mol. The Labute approximate surface area is 360 Å². The van der Waals surface area contributed by atoms with Crippen LogP contribution in [0.3, 0.4) is 0 Å². The molecular formula is C59H39N3. The van der Waals surface area contributed by atoms with Crippen LogP contribution in [-0.2, 0) is 0 Å². The Morgan fingerprint density at radius 3 is 1.08 bits per heavy atom. The summed E-state index contributed by atoms with van der Waals surface area (Å²) in [7, 11) is 0. The van der Waals surface area contributed by atoms with Crippen molar-refractivity contribution < 1.29 is 0 Å². The van der Waals surface area contributed by atoms with Crippen LogP contribution in [0, 0.1) is 0 Å². The van der Waals surface area contributed by atoms with Crippen LogP contribution in [0.2, 0.25) is 0 Å². The molecule has 0 saturated carbocycles. The monoisotopic (exact) mass is 789 g/mol. The third-order valence-electron chi connectivity index (χ3n) is 12.3. The highest BCUT2D eigenvalue weighted by molar-refractivity contribution is 6.10. The molecule has 0 aliphatic rings. The van der Waals surface area contributed by atoms with E-state index in [1.54, 1.807) is 0 Å². The van der Waals surface area contributed by atoms with Crippen LogP contribution in [-0.4, -0.2) is 14.1 Å². The minimum atomic E-state index is 0.927. The maximum Gasteiger partial charge on any atom is 0.0715 e. The van der Waals surface area contributed by atoms with E-state index in [1.807, 2.05) is 0 Å². The first-order valence-corrected chi connectivity index (χ1v) is 21.2. The standard InChI is InChI=1S/C59H39N3/c1-3-16-40(17-4-1)41-30-32-42(33-31-41)47-37-54(43-18-5-2-6-19-43)60-55(38-47)45-21-15-20-44(34-45)46-35-48(61-56-26-11-7-22-50(56)51-23-8-12-27-57(51)61)39-49(36-46)62-58-28-13-9-24-52(58)53-25-10-14-29-59(53)62/h1-39H. The van der Waals surface area contributed by atoms with Gasteiger partial charge in [-0.2, -0.15) is 0 Å². The molecule has 3 nitrogen and oxygen atoms in total. The molecule has 0 spiro atoms. The van der Waals surface area contributed by atoms with E-state index in [1.165, 1.54) is 54.7 Å². The van der Waals surface area contributed by atoms with Crippen molar-refractivity contribution in [3.63, 3.8) is 0 Å². The average molecular weight is 790 g/mol. The second-order valence-electron chi connectivity index (χ2n) is 16.0. The molecule has 3 aromatic heterocycles. The lowest BCUT2D eigenvalue weighted by atomic mass is 9.96. The van der Waals surface area contributed by atoms with Gasteiger partial charge in [0.2, 0.25) is 0 Å². The predicted octanol–water partition coefficient (Wildman–Crippen LogP) is 15.6.